The molecule has 1 aromatic carbocycles. The number of rotatable bonds is 9. The second-order valence-corrected chi connectivity index (χ2v) is 5.18. The van der Waals surface area contributed by atoms with E-state index in [9.17, 15) is 0 Å². The molecule has 1 N–H and O–H groups in total. The molecule has 20 heavy (non-hydrogen) atoms. The van der Waals surface area contributed by atoms with Gasteiger partial charge in [0.05, 0.1) is 18.8 Å². The van der Waals surface area contributed by atoms with Crippen LogP contribution in [0.4, 0.5) is 0 Å². The first-order valence-electron chi connectivity index (χ1n) is 7.08. The third kappa shape index (κ3) is 5.90. The van der Waals surface area contributed by atoms with Crippen LogP contribution < -0.4 is 10.1 Å². The van der Waals surface area contributed by atoms with Crippen LogP contribution in [0.15, 0.2) is 24.3 Å². The van der Waals surface area contributed by atoms with Crippen LogP contribution in [-0.2, 0) is 9.47 Å². The van der Waals surface area contributed by atoms with Crippen molar-refractivity contribution >= 4 is 0 Å². The lowest BCUT2D eigenvalue weighted by atomic mass is 10.1. The standard InChI is InChI=1S/C16H27NO3/c1-12(2)20-15-8-6-14(7-9-15)13(3)17-10-16(19-5)11-18-4/h6-9,12-13,16-17H,10-11H2,1-5H3. The van der Waals surface area contributed by atoms with Crippen molar-refractivity contribution in [2.75, 3.05) is 27.4 Å². The highest BCUT2D eigenvalue weighted by Crippen LogP contribution is 2.18. The van der Waals surface area contributed by atoms with E-state index in [1.165, 1.54) is 5.56 Å². The Morgan fingerprint density at radius 2 is 1.70 bits per heavy atom. The molecule has 1 aromatic rings. The lowest BCUT2D eigenvalue weighted by Crippen LogP contribution is -2.33. The average Bonchev–Trinajstić information content (AvgIpc) is 2.43. The van der Waals surface area contributed by atoms with Gasteiger partial charge in [0.25, 0.3) is 0 Å². The minimum absolute atomic E-state index is 0.0750. The normalized spacial score (nSPS) is 14.3. The highest BCUT2D eigenvalue weighted by molar-refractivity contribution is 5.29. The van der Waals surface area contributed by atoms with E-state index < -0.39 is 0 Å². The van der Waals surface area contributed by atoms with Crippen molar-refractivity contribution in [3.05, 3.63) is 29.8 Å². The van der Waals surface area contributed by atoms with Crippen molar-refractivity contribution in [1.29, 1.82) is 0 Å². The first-order chi connectivity index (χ1) is 9.56. The molecular formula is C16H27NO3. The van der Waals surface area contributed by atoms with Gasteiger partial charge in [-0.25, -0.2) is 0 Å². The zero-order chi connectivity index (χ0) is 15.0. The highest BCUT2D eigenvalue weighted by atomic mass is 16.5. The van der Waals surface area contributed by atoms with Crippen LogP contribution in [0.25, 0.3) is 0 Å². The summed E-state index contributed by atoms with van der Waals surface area (Å²) >= 11 is 0. The zero-order valence-corrected chi connectivity index (χ0v) is 13.2. The number of hydrogen-bond acceptors (Lipinski definition) is 4. The summed E-state index contributed by atoms with van der Waals surface area (Å²) in [6, 6.07) is 8.46. The molecule has 114 valence electrons. The van der Waals surface area contributed by atoms with Gasteiger partial charge in [-0.3, -0.25) is 0 Å². The van der Waals surface area contributed by atoms with Gasteiger partial charge in [-0.1, -0.05) is 12.1 Å². The lowest BCUT2D eigenvalue weighted by Gasteiger charge is -2.20. The molecule has 0 saturated carbocycles. The molecule has 0 bridgehead atoms. The van der Waals surface area contributed by atoms with E-state index in [-0.39, 0.29) is 18.2 Å². The predicted octanol–water partition coefficient (Wildman–Crippen LogP) is 2.79. The van der Waals surface area contributed by atoms with Gasteiger partial charge in [0.15, 0.2) is 0 Å². The maximum absolute atomic E-state index is 5.64. The zero-order valence-electron chi connectivity index (χ0n) is 13.2. The number of hydrogen-bond donors (Lipinski definition) is 1. The summed E-state index contributed by atoms with van der Waals surface area (Å²) in [6.45, 7) is 7.54. The average molecular weight is 281 g/mol. The lowest BCUT2D eigenvalue weighted by molar-refractivity contribution is 0.0276. The Labute approximate surface area is 122 Å². The molecule has 0 aromatic heterocycles. The minimum atomic E-state index is 0.0750. The third-order valence-electron chi connectivity index (χ3n) is 3.09. The van der Waals surface area contributed by atoms with Crippen molar-refractivity contribution in [2.24, 2.45) is 0 Å². The smallest absolute Gasteiger partial charge is 0.119 e. The molecule has 4 nitrogen and oxygen atoms in total. The summed E-state index contributed by atoms with van der Waals surface area (Å²) in [6.07, 6.45) is 0.277. The van der Waals surface area contributed by atoms with Gasteiger partial charge in [0, 0.05) is 26.8 Å². The Morgan fingerprint density at radius 3 is 2.20 bits per heavy atom. The van der Waals surface area contributed by atoms with Gasteiger partial charge in [0.1, 0.15) is 5.75 Å². The fourth-order valence-electron chi connectivity index (χ4n) is 1.93. The number of ether oxygens (including phenoxy) is 3. The summed E-state index contributed by atoms with van der Waals surface area (Å²) in [7, 11) is 3.39. The maximum Gasteiger partial charge on any atom is 0.119 e. The van der Waals surface area contributed by atoms with Crippen LogP contribution in [0.3, 0.4) is 0 Å². The Balaban J connectivity index is 2.48. The highest BCUT2D eigenvalue weighted by Gasteiger charge is 2.10. The second-order valence-electron chi connectivity index (χ2n) is 5.18. The van der Waals surface area contributed by atoms with Crippen LogP contribution in [0.1, 0.15) is 32.4 Å². The predicted molar refractivity (Wildman–Crippen MR) is 81.3 cm³/mol. The molecule has 0 aliphatic rings. The molecule has 0 spiro atoms. The van der Waals surface area contributed by atoms with E-state index in [1.54, 1.807) is 14.2 Å². The van der Waals surface area contributed by atoms with E-state index in [2.05, 4.69) is 24.4 Å². The van der Waals surface area contributed by atoms with Crippen molar-refractivity contribution in [3.8, 4) is 5.75 Å². The molecule has 0 fully saturated rings. The molecule has 0 radical (unpaired) electrons. The van der Waals surface area contributed by atoms with E-state index >= 15 is 0 Å². The van der Waals surface area contributed by atoms with Gasteiger partial charge in [-0.15, -0.1) is 0 Å². The number of nitrogens with one attached hydrogen (secondary N) is 1. The van der Waals surface area contributed by atoms with Gasteiger partial charge in [-0.2, -0.15) is 0 Å². The molecule has 2 atom stereocenters. The van der Waals surface area contributed by atoms with Gasteiger partial charge in [0.2, 0.25) is 0 Å². The number of methoxy groups -OCH3 is 2. The topological polar surface area (TPSA) is 39.7 Å². The summed E-state index contributed by atoms with van der Waals surface area (Å²) in [5.74, 6) is 0.908. The summed E-state index contributed by atoms with van der Waals surface area (Å²) in [5, 5.41) is 3.45. The second kappa shape index (κ2) is 8.95. The maximum atomic E-state index is 5.64. The number of benzene rings is 1. The Morgan fingerprint density at radius 1 is 1.05 bits per heavy atom. The van der Waals surface area contributed by atoms with Crippen molar-refractivity contribution < 1.29 is 14.2 Å². The fraction of sp³-hybridized carbons (Fsp3) is 0.625. The quantitative estimate of drug-likeness (QED) is 0.755. The molecular weight excluding hydrogens is 254 g/mol. The van der Waals surface area contributed by atoms with E-state index in [0.29, 0.717) is 6.61 Å². The van der Waals surface area contributed by atoms with E-state index in [0.717, 1.165) is 12.3 Å². The monoisotopic (exact) mass is 281 g/mol. The third-order valence-corrected chi connectivity index (χ3v) is 3.09. The van der Waals surface area contributed by atoms with Crippen molar-refractivity contribution in [1.82, 2.24) is 5.32 Å². The van der Waals surface area contributed by atoms with E-state index in [4.69, 9.17) is 14.2 Å². The van der Waals surface area contributed by atoms with Crippen LogP contribution >= 0.6 is 0 Å². The fourth-order valence-corrected chi connectivity index (χ4v) is 1.93. The summed E-state index contributed by atoms with van der Waals surface area (Å²) < 4.78 is 16.1. The molecule has 0 aliphatic carbocycles. The van der Waals surface area contributed by atoms with Gasteiger partial charge < -0.3 is 19.5 Å². The van der Waals surface area contributed by atoms with Crippen LogP contribution in [0.2, 0.25) is 0 Å². The molecule has 1 rings (SSSR count). The van der Waals surface area contributed by atoms with Crippen LogP contribution in [0, 0.1) is 0 Å². The first kappa shape index (κ1) is 17.0. The minimum Gasteiger partial charge on any atom is -0.491 e. The van der Waals surface area contributed by atoms with Crippen LogP contribution in [-0.4, -0.2) is 39.6 Å². The van der Waals surface area contributed by atoms with Crippen molar-refractivity contribution in [3.63, 3.8) is 0 Å². The summed E-state index contributed by atoms with van der Waals surface area (Å²) in [4.78, 5) is 0. The first-order valence-corrected chi connectivity index (χ1v) is 7.08. The van der Waals surface area contributed by atoms with Crippen molar-refractivity contribution in [2.45, 2.75) is 39.0 Å². The Hall–Kier alpha value is -1.10. The van der Waals surface area contributed by atoms with Crippen LogP contribution in [0.5, 0.6) is 5.75 Å². The SMILES string of the molecule is COCC(CNC(C)c1ccc(OC(C)C)cc1)OC. The van der Waals surface area contributed by atoms with Gasteiger partial charge in [-0.05, 0) is 38.5 Å². The van der Waals surface area contributed by atoms with E-state index in [1.807, 2.05) is 26.0 Å². The Kier molecular flexibility index (Phi) is 7.59. The molecule has 0 saturated heterocycles. The van der Waals surface area contributed by atoms with Gasteiger partial charge >= 0.3 is 0 Å². The summed E-state index contributed by atoms with van der Waals surface area (Å²) in [5.41, 5.74) is 1.23. The molecule has 0 aliphatic heterocycles. The molecule has 2 unspecified atom stereocenters. The molecule has 0 heterocycles. The largest absolute Gasteiger partial charge is 0.491 e. The molecule has 4 heteroatoms. The molecule has 0 amide bonds. The Bertz CT molecular complexity index is 364.